The number of benzene rings is 1. The molecule has 1 fully saturated rings. The van der Waals surface area contributed by atoms with Gasteiger partial charge in [0.15, 0.2) is 9.84 Å². The maximum atomic E-state index is 15.0. The van der Waals surface area contributed by atoms with Crippen molar-refractivity contribution >= 4 is 42.5 Å². The molecule has 2 aromatic heterocycles. The molecule has 172 valence electrons. The van der Waals surface area contributed by atoms with Gasteiger partial charge in [-0.1, -0.05) is 12.1 Å². The lowest BCUT2D eigenvalue weighted by Crippen LogP contribution is -2.58. The molecule has 33 heavy (non-hydrogen) atoms. The summed E-state index contributed by atoms with van der Waals surface area (Å²) in [5.74, 6) is -0.724. The standard InChI is InChI=1S/C24H24BrFN4O2S/c1-23(13-33(31,32)24(2,16-4-5-16)22(27)30-23)18-9-14(3-6-19(18)26)10-20-21-15(7-8-28-20)11-17(25)12-29-21/h3,6-9,11-12,16H,4-5,10,13H2,1-2H3,(H2,27,30)/t23-,24-/m0/s1. The monoisotopic (exact) mass is 530 g/mol. The number of halogens is 2. The fourth-order valence-corrected chi connectivity index (χ4v) is 7.55. The lowest BCUT2D eigenvalue weighted by atomic mass is 9.90. The summed E-state index contributed by atoms with van der Waals surface area (Å²) in [6, 6.07) is 8.57. The molecule has 2 atom stereocenters. The minimum absolute atomic E-state index is 0.0167. The molecule has 1 aliphatic carbocycles. The van der Waals surface area contributed by atoms with Crippen LogP contribution in [0.25, 0.3) is 10.9 Å². The van der Waals surface area contributed by atoms with Crippen molar-refractivity contribution in [2.45, 2.75) is 43.4 Å². The molecule has 6 nitrogen and oxygen atoms in total. The average Bonchev–Trinajstić information content (AvgIpc) is 3.58. The maximum absolute atomic E-state index is 15.0. The van der Waals surface area contributed by atoms with E-state index in [0.29, 0.717) is 6.42 Å². The Hall–Kier alpha value is -2.39. The Labute approximate surface area is 200 Å². The van der Waals surface area contributed by atoms with E-state index in [9.17, 15) is 8.42 Å². The van der Waals surface area contributed by atoms with Crippen LogP contribution in [-0.2, 0) is 21.8 Å². The van der Waals surface area contributed by atoms with Crippen molar-refractivity contribution in [1.82, 2.24) is 9.97 Å². The maximum Gasteiger partial charge on any atom is 0.165 e. The molecule has 1 aromatic carbocycles. The molecule has 2 aliphatic rings. The molecular weight excluding hydrogens is 507 g/mol. The predicted molar refractivity (Wildman–Crippen MR) is 130 cm³/mol. The van der Waals surface area contributed by atoms with Crippen molar-refractivity contribution in [2.24, 2.45) is 16.6 Å². The molecule has 0 unspecified atom stereocenters. The van der Waals surface area contributed by atoms with E-state index in [4.69, 9.17) is 5.73 Å². The highest BCUT2D eigenvalue weighted by molar-refractivity contribution is 9.10. The third kappa shape index (κ3) is 3.65. The van der Waals surface area contributed by atoms with E-state index in [2.05, 4.69) is 30.9 Å². The summed E-state index contributed by atoms with van der Waals surface area (Å²) in [4.78, 5) is 13.6. The molecule has 0 spiro atoms. The molecule has 0 radical (unpaired) electrons. The Kier molecular flexibility index (Phi) is 5.13. The highest BCUT2D eigenvalue weighted by atomic mass is 79.9. The van der Waals surface area contributed by atoms with Crippen LogP contribution in [0.5, 0.6) is 0 Å². The van der Waals surface area contributed by atoms with Crippen LogP contribution in [0.3, 0.4) is 0 Å². The van der Waals surface area contributed by atoms with Crippen molar-refractivity contribution < 1.29 is 12.8 Å². The summed E-state index contributed by atoms with van der Waals surface area (Å²) >= 11 is 3.43. The largest absolute Gasteiger partial charge is 0.386 e. The van der Waals surface area contributed by atoms with Gasteiger partial charge < -0.3 is 5.73 Å². The molecule has 1 saturated carbocycles. The van der Waals surface area contributed by atoms with Crippen LogP contribution < -0.4 is 5.73 Å². The number of nitrogens with zero attached hydrogens (tertiary/aromatic N) is 3. The van der Waals surface area contributed by atoms with Crippen LogP contribution in [0.2, 0.25) is 0 Å². The first-order chi connectivity index (χ1) is 15.5. The average molecular weight is 531 g/mol. The highest BCUT2D eigenvalue weighted by Gasteiger charge is 2.58. The molecule has 0 bridgehead atoms. The first kappa shape index (κ1) is 22.4. The number of pyridine rings is 2. The molecule has 3 aromatic rings. The second-order valence-corrected chi connectivity index (χ2v) is 12.7. The molecule has 3 heterocycles. The quantitative estimate of drug-likeness (QED) is 0.542. The Morgan fingerprint density at radius 3 is 2.64 bits per heavy atom. The molecule has 0 amide bonds. The number of hydrogen-bond donors (Lipinski definition) is 1. The van der Waals surface area contributed by atoms with Gasteiger partial charge in [-0.15, -0.1) is 0 Å². The summed E-state index contributed by atoms with van der Waals surface area (Å²) in [5.41, 5.74) is 7.49. The minimum Gasteiger partial charge on any atom is -0.386 e. The molecule has 5 rings (SSSR count). The van der Waals surface area contributed by atoms with Crippen LogP contribution >= 0.6 is 15.9 Å². The summed E-state index contributed by atoms with van der Waals surface area (Å²) in [5, 5.41) is 0.943. The van der Waals surface area contributed by atoms with Gasteiger partial charge in [-0.05, 0) is 72.3 Å². The number of aliphatic imine (C=N–C) groups is 1. The summed E-state index contributed by atoms with van der Waals surface area (Å²) in [7, 11) is -3.64. The molecule has 1 aliphatic heterocycles. The minimum atomic E-state index is -3.64. The second-order valence-electron chi connectivity index (χ2n) is 9.39. The second kappa shape index (κ2) is 7.56. The van der Waals surface area contributed by atoms with E-state index in [-0.39, 0.29) is 23.1 Å². The highest BCUT2D eigenvalue weighted by Crippen LogP contribution is 2.49. The Morgan fingerprint density at radius 2 is 1.94 bits per heavy atom. The van der Waals surface area contributed by atoms with Gasteiger partial charge >= 0.3 is 0 Å². The van der Waals surface area contributed by atoms with Crippen molar-refractivity contribution in [1.29, 1.82) is 0 Å². The summed E-state index contributed by atoms with van der Waals surface area (Å²) < 4.78 is 41.4. The van der Waals surface area contributed by atoms with E-state index in [1.165, 1.54) is 6.07 Å². The van der Waals surface area contributed by atoms with Crippen LogP contribution in [0.1, 0.15) is 43.5 Å². The lowest BCUT2D eigenvalue weighted by Gasteiger charge is -2.40. The van der Waals surface area contributed by atoms with Crippen LogP contribution in [-0.4, -0.2) is 34.7 Å². The SMILES string of the molecule is C[C@@]1(c2cc(Cc3nccc4cc(Br)cnc34)ccc2F)CS(=O)(=O)[C@@](C)(C2CC2)C(N)=N1. The number of nitrogens with two attached hydrogens (primary N) is 1. The third-order valence-electron chi connectivity index (χ3n) is 6.97. The predicted octanol–water partition coefficient (Wildman–Crippen LogP) is 4.29. The van der Waals surface area contributed by atoms with Gasteiger partial charge in [0.05, 0.1) is 17.0 Å². The summed E-state index contributed by atoms with van der Waals surface area (Å²) in [6.07, 6.45) is 5.48. The Balaban J connectivity index is 1.56. The van der Waals surface area contributed by atoms with Crippen molar-refractivity contribution in [2.75, 3.05) is 5.75 Å². The van der Waals surface area contributed by atoms with Gasteiger partial charge in [0, 0.05) is 34.2 Å². The zero-order valence-electron chi connectivity index (χ0n) is 18.3. The first-order valence-electron chi connectivity index (χ1n) is 10.8. The van der Waals surface area contributed by atoms with Gasteiger partial charge in [0.2, 0.25) is 0 Å². The van der Waals surface area contributed by atoms with Gasteiger partial charge in [0.1, 0.15) is 21.9 Å². The van der Waals surface area contributed by atoms with Crippen LogP contribution in [0.15, 0.2) is 52.2 Å². The van der Waals surface area contributed by atoms with Gasteiger partial charge in [-0.2, -0.15) is 0 Å². The van der Waals surface area contributed by atoms with Crippen molar-refractivity contribution in [3.8, 4) is 0 Å². The number of hydrogen-bond acceptors (Lipinski definition) is 6. The van der Waals surface area contributed by atoms with Gasteiger partial charge in [0.25, 0.3) is 0 Å². The number of sulfone groups is 1. The smallest absolute Gasteiger partial charge is 0.165 e. The molecule has 0 saturated heterocycles. The third-order valence-corrected chi connectivity index (χ3v) is 10.2. The molecule has 2 N–H and O–H groups in total. The fourth-order valence-electron chi connectivity index (χ4n) is 4.83. The van der Waals surface area contributed by atoms with E-state index in [1.807, 2.05) is 12.1 Å². The normalized spacial score (nSPS) is 26.8. The first-order valence-corrected chi connectivity index (χ1v) is 13.2. The van der Waals surface area contributed by atoms with Crippen LogP contribution in [0, 0.1) is 11.7 Å². The summed E-state index contributed by atoms with van der Waals surface area (Å²) in [6.45, 7) is 3.30. The van der Waals surface area contributed by atoms with E-state index < -0.39 is 25.9 Å². The van der Waals surface area contributed by atoms with Gasteiger partial charge in [-0.25, -0.2) is 12.8 Å². The zero-order chi connectivity index (χ0) is 23.6. The topological polar surface area (TPSA) is 98.3 Å². The fraction of sp³-hybridized carbons (Fsp3) is 0.375. The van der Waals surface area contributed by atoms with E-state index in [1.54, 1.807) is 38.4 Å². The van der Waals surface area contributed by atoms with Crippen molar-refractivity contribution in [3.63, 3.8) is 0 Å². The molecular formula is C24H24BrFN4O2S. The van der Waals surface area contributed by atoms with Crippen molar-refractivity contribution in [3.05, 3.63) is 69.8 Å². The van der Waals surface area contributed by atoms with E-state index in [0.717, 1.165) is 39.5 Å². The van der Waals surface area contributed by atoms with Gasteiger partial charge in [-0.3, -0.25) is 15.0 Å². The van der Waals surface area contributed by atoms with E-state index >= 15 is 4.39 Å². The lowest BCUT2D eigenvalue weighted by molar-refractivity contribution is 0.463. The number of aromatic nitrogens is 2. The zero-order valence-corrected chi connectivity index (χ0v) is 20.7. The number of fused-ring (bicyclic) bond motifs is 1. The van der Waals surface area contributed by atoms with Crippen LogP contribution in [0.4, 0.5) is 4.39 Å². The Morgan fingerprint density at radius 1 is 1.18 bits per heavy atom. The number of rotatable bonds is 4. The Bertz CT molecular complexity index is 1420. The number of amidine groups is 1. The molecule has 9 heteroatoms.